The van der Waals surface area contributed by atoms with E-state index in [0.29, 0.717) is 16.6 Å². The summed E-state index contributed by atoms with van der Waals surface area (Å²) in [4.78, 5) is 14.2. The molecule has 0 radical (unpaired) electrons. The Balaban J connectivity index is 2.12. The molecular weight excluding hydrogens is 298 g/mol. The number of nitrogens with one attached hydrogen (secondary N) is 1. The van der Waals surface area contributed by atoms with Gasteiger partial charge in [-0.2, -0.15) is 5.10 Å². The van der Waals surface area contributed by atoms with E-state index in [2.05, 4.69) is 24.0 Å². The van der Waals surface area contributed by atoms with Gasteiger partial charge in [0.05, 0.1) is 6.04 Å². The van der Waals surface area contributed by atoms with Crippen LogP contribution in [0.5, 0.6) is 0 Å². The number of aromatic amines is 1. The van der Waals surface area contributed by atoms with Gasteiger partial charge in [0.1, 0.15) is 5.69 Å². The van der Waals surface area contributed by atoms with Crippen molar-refractivity contribution in [2.75, 3.05) is 7.05 Å². The molecule has 4 nitrogen and oxygen atoms in total. The third-order valence-corrected chi connectivity index (χ3v) is 3.95. The molecule has 0 aliphatic heterocycles. The minimum absolute atomic E-state index is 0.0727. The van der Waals surface area contributed by atoms with E-state index >= 15 is 0 Å². The predicted molar refractivity (Wildman–Crippen MR) is 89.1 cm³/mol. The maximum absolute atomic E-state index is 12.6. The molecule has 1 heterocycles. The lowest BCUT2D eigenvalue weighted by Gasteiger charge is -2.24. The molecule has 0 spiro atoms. The highest BCUT2D eigenvalue weighted by Gasteiger charge is 2.21. The molecule has 1 aromatic carbocycles. The average Bonchev–Trinajstić information content (AvgIpc) is 2.92. The standard InChI is InChI=1S/C17H22ClN3O/c1-11(2)8-15-10-16(20-19-15)17(22)21(4)12(3)13-6-5-7-14(18)9-13/h5-7,9-12H,8H2,1-4H3,(H,19,20). The fourth-order valence-electron chi connectivity index (χ4n) is 2.36. The van der Waals surface area contributed by atoms with Crippen molar-refractivity contribution in [3.8, 4) is 0 Å². The Morgan fingerprint density at radius 1 is 1.32 bits per heavy atom. The van der Waals surface area contributed by atoms with E-state index in [1.54, 1.807) is 11.9 Å². The van der Waals surface area contributed by atoms with Gasteiger partial charge in [0.15, 0.2) is 0 Å². The molecule has 0 saturated heterocycles. The van der Waals surface area contributed by atoms with Crippen LogP contribution < -0.4 is 0 Å². The van der Waals surface area contributed by atoms with Gasteiger partial charge in [-0.25, -0.2) is 0 Å². The summed E-state index contributed by atoms with van der Waals surface area (Å²) in [5.41, 5.74) is 2.44. The van der Waals surface area contributed by atoms with E-state index < -0.39 is 0 Å². The first-order valence-electron chi connectivity index (χ1n) is 7.45. The van der Waals surface area contributed by atoms with Gasteiger partial charge in [0, 0.05) is 17.8 Å². The fourth-order valence-corrected chi connectivity index (χ4v) is 2.56. The molecular formula is C17H22ClN3O. The van der Waals surface area contributed by atoms with E-state index in [4.69, 9.17) is 11.6 Å². The molecule has 118 valence electrons. The van der Waals surface area contributed by atoms with Crippen LogP contribution in [-0.2, 0) is 6.42 Å². The number of hydrogen-bond acceptors (Lipinski definition) is 2. The Kier molecular flexibility index (Phi) is 5.24. The first-order chi connectivity index (χ1) is 10.4. The predicted octanol–water partition coefficient (Wildman–Crippen LogP) is 4.09. The molecule has 0 fully saturated rings. The number of hydrogen-bond donors (Lipinski definition) is 1. The molecule has 1 unspecified atom stereocenters. The number of aromatic nitrogens is 2. The molecule has 1 atom stereocenters. The minimum Gasteiger partial charge on any atom is -0.334 e. The van der Waals surface area contributed by atoms with Gasteiger partial charge in [0.25, 0.3) is 5.91 Å². The van der Waals surface area contributed by atoms with E-state index in [1.165, 1.54) is 0 Å². The SMILES string of the molecule is CC(C)Cc1cc(C(=O)N(C)C(C)c2cccc(Cl)c2)n[nH]1. The molecule has 2 aromatic rings. The normalized spacial score (nSPS) is 12.5. The lowest BCUT2D eigenvalue weighted by Crippen LogP contribution is -2.29. The van der Waals surface area contributed by atoms with Gasteiger partial charge < -0.3 is 4.90 Å². The second-order valence-corrected chi connectivity index (χ2v) is 6.46. The van der Waals surface area contributed by atoms with E-state index in [-0.39, 0.29) is 11.9 Å². The largest absolute Gasteiger partial charge is 0.334 e. The molecule has 1 N–H and O–H groups in total. The van der Waals surface area contributed by atoms with Gasteiger partial charge in [-0.3, -0.25) is 9.89 Å². The summed E-state index contributed by atoms with van der Waals surface area (Å²) in [5.74, 6) is 0.422. The van der Waals surface area contributed by atoms with Crippen molar-refractivity contribution >= 4 is 17.5 Å². The van der Waals surface area contributed by atoms with Crippen molar-refractivity contribution < 1.29 is 4.79 Å². The van der Waals surface area contributed by atoms with Crippen LogP contribution in [0.25, 0.3) is 0 Å². The summed E-state index contributed by atoms with van der Waals surface area (Å²) < 4.78 is 0. The Bertz CT molecular complexity index is 651. The van der Waals surface area contributed by atoms with Crippen molar-refractivity contribution in [2.24, 2.45) is 5.92 Å². The third kappa shape index (κ3) is 3.89. The number of amides is 1. The lowest BCUT2D eigenvalue weighted by atomic mass is 10.1. The Morgan fingerprint density at radius 2 is 2.05 bits per heavy atom. The van der Waals surface area contributed by atoms with Crippen LogP contribution in [0.2, 0.25) is 5.02 Å². The summed E-state index contributed by atoms with van der Waals surface area (Å²) in [6.45, 7) is 6.25. The molecule has 0 saturated carbocycles. The number of halogens is 1. The van der Waals surface area contributed by atoms with Crippen molar-refractivity contribution in [1.82, 2.24) is 15.1 Å². The summed E-state index contributed by atoms with van der Waals surface area (Å²) in [6, 6.07) is 9.33. The number of H-pyrrole nitrogens is 1. The zero-order chi connectivity index (χ0) is 16.3. The highest BCUT2D eigenvalue weighted by molar-refractivity contribution is 6.30. The maximum Gasteiger partial charge on any atom is 0.274 e. The van der Waals surface area contributed by atoms with Crippen LogP contribution in [0.4, 0.5) is 0 Å². The molecule has 0 bridgehead atoms. The van der Waals surface area contributed by atoms with Crippen LogP contribution >= 0.6 is 11.6 Å². The Hall–Kier alpha value is -1.81. The van der Waals surface area contributed by atoms with Crippen molar-refractivity contribution in [1.29, 1.82) is 0 Å². The quantitative estimate of drug-likeness (QED) is 0.902. The summed E-state index contributed by atoms with van der Waals surface area (Å²) in [6.07, 6.45) is 0.883. The smallest absolute Gasteiger partial charge is 0.274 e. The molecule has 22 heavy (non-hydrogen) atoms. The minimum atomic E-state index is -0.0984. The van der Waals surface area contributed by atoms with Crippen LogP contribution in [0.3, 0.4) is 0 Å². The summed E-state index contributed by atoms with van der Waals surface area (Å²) >= 11 is 6.02. The summed E-state index contributed by atoms with van der Waals surface area (Å²) in [5, 5.41) is 7.75. The second-order valence-electron chi connectivity index (χ2n) is 6.02. The first kappa shape index (κ1) is 16.6. The van der Waals surface area contributed by atoms with Crippen molar-refractivity contribution in [2.45, 2.75) is 33.2 Å². The zero-order valence-corrected chi connectivity index (χ0v) is 14.2. The average molecular weight is 320 g/mol. The number of carbonyl (C=O) groups excluding carboxylic acids is 1. The number of carbonyl (C=O) groups is 1. The van der Waals surface area contributed by atoms with Gasteiger partial charge in [-0.1, -0.05) is 37.6 Å². The van der Waals surface area contributed by atoms with Gasteiger partial charge in [-0.15, -0.1) is 0 Å². The highest BCUT2D eigenvalue weighted by atomic mass is 35.5. The first-order valence-corrected chi connectivity index (χ1v) is 7.83. The Morgan fingerprint density at radius 3 is 2.68 bits per heavy atom. The number of rotatable bonds is 5. The Labute approximate surface area is 136 Å². The number of nitrogens with zero attached hydrogens (tertiary/aromatic N) is 2. The highest BCUT2D eigenvalue weighted by Crippen LogP contribution is 2.23. The van der Waals surface area contributed by atoms with Gasteiger partial charge in [0.2, 0.25) is 0 Å². The zero-order valence-electron chi connectivity index (χ0n) is 13.4. The number of benzene rings is 1. The maximum atomic E-state index is 12.6. The van der Waals surface area contributed by atoms with Gasteiger partial charge in [-0.05, 0) is 43.0 Å². The topological polar surface area (TPSA) is 49.0 Å². The molecule has 1 amide bonds. The summed E-state index contributed by atoms with van der Waals surface area (Å²) in [7, 11) is 1.78. The van der Waals surface area contributed by atoms with Crippen molar-refractivity contribution in [3.63, 3.8) is 0 Å². The monoisotopic (exact) mass is 319 g/mol. The van der Waals surface area contributed by atoms with Crippen molar-refractivity contribution in [3.05, 3.63) is 52.3 Å². The van der Waals surface area contributed by atoms with E-state index in [0.717, 1.165) is 17.7 Å². The second kappa shape index (κ2) is 6.97. The fraction of sp³-hybridized carbons (Fsp3) is 0.412. The van der Waals surface area contributed by atoms with E-state index in [9.17, 15) is 4.79 Å². The molecule has 2 rings (SSSR count). The van der Waals surface area contributed by atoms with E-state index in [1.807, 2.05) is 37.3 Å². The van der Waals surface area contributed by atoms with Crippen LogP contribution in [0, 0.1) is 5.92 Å². The van der Waals surface area contributed by atoms with Crippen LogP contribution in [0.15, 0.2) is 30.3 Å². The molecule has 0 aliphatic carbocycles. The molecule has 0 aliphatic rings. The van der Waals surface area contributed by atoms with Gasteiger partial charge >= 0.3 is 0 Å². The van der Waals surface area contributed by atoms with Crippen LogP contribution in [-0.4, -0.2) is 28.1 Å². The third-order valence-electron chi connectivity index (χ3n) is 3.71. The van der Waals surface area contributed by atoms with Crippen LogP contribution in [0.1, 0.15) is 48.6 Å². The molecule has 5 heteroatoms. The lowest BCUT2D eigenvalue weighted by molar-refractivity contribution is 0.0736. The molecule has 1 aromatic heterocycles.